The molecule has 0 aliphatic heterocycles. The smallest absolute Gasteiger partial charge is 0.209 e. The van der Waals surface area contributed by atoms with Gasteiger partial charge < -0.3 is 9.15 Å². The van der Waals surface area contributed by atoms with Crippen LogP contribution in [0.4, 0.5) is 0 Å². The molecule has 0 radical (unpaired) electrons. The first-order chi connectivity index (χ1) is 11.7. The number of rotatable bonds is 6. The Morgan fingerprint density at radius 3 is 2.67 bits per heavy atom. The molecule has 0 saturated heterocycles. The fraction of sp³-hybridized carbons (Fsp3) is 0.211. The molecule has 0 aliphatic rings. The maximum atomic E-state index is 6.08. The van der Waals surface area contributed by atoms with Gasteiger partial charge >= 0.3 is 0 Å². The van der Waals surface area contributed by atoms with Crippen molar-refractivity contribution in [3.63, 3.8) is 0 Å². The number of methoxy groups -OCH3 is 1. The predicted molar refractivity (Wildman–Crippen MR) is 95.1 cm³/mol. The molecule has 0 spiro atoms. The van der Waals surface area contributed by atoms with Crippen molar-refractivity contribution < 1.29 is 9.15 Å². The Morgan fingerprint density at radius 1 is 1.12 bits per heavy atom. The third-order valence-electron chi connectivity index (χ3n) is 3.70. The first kappa shape index (κ1) is 16.6. The van der Waals surface area contributed by atoms with Crippen LogP contribution in [0.1, 0.15) is 11.5 Å². The molecule has 0 atom stereocenters. The fourth-order valence-corrected chi connectivity index (χ4v) is 2.76. The average Bonchev–Trinajstić information content (AvgIpc) is 3.04. The normalized spacial score (nSPS) is 11.0. The minimum Gasteiger partial charge on any atom is -0.496 e. The summed E-state index contributed by atoms with van der Waals surface area (Å²) in [4.78, 5) is 6.47. The summed E-state index contributed by atoms with van der Waals surface area (Å²) in [5.74, 6) is 2.28. The van der Waals surface area contributed by atoms with E-state index in [1.165, 1.54) is 0 Å². The van der Waals surface area contributed by atoms with E-state index in [4.69, 9.17) is 20.8 Å². The molecular formula is C19H19ClN2O2. The number of ether oxygens (including phenoxy) is 1. The second kappa shape index (κ2) is 7.51. The van der Waals surface area contributed by atoms with Gasteiger partial charge in [0.1, 0.15) is 5.75 Å². The summed E-state index contributed by atoms with van der Waals surface area (Å²) in [6.45, 7) is 1.29. The SMILES string of the molecule is COc1ccc(Cl)cc1CN(C)Cc1ncc(-c2ccccc2)o1. The van der Waals surface area contributed by atoms with Gasteiger partial charge in [-0.3, -0.25) is 4.90 Å². The van der Waals surface area contributed by atoms with Crippen molar-refractivity contribution in [2.45, 2.75) is 13.1 Å². The van der Waals surface area contributed by atoms with Gasteiger partial charge in [0.2, 0.25) is 5.89 Å². The predicted octanol–water partition coefficient (Wildman–Crippen LogP) is 4.64. The molecule has 0 bridgehead atoms. The van der Waals surface area contributed by atoms with Crippen molar-refractivity contribution in [3.8, 4) is 17.1 Å². The van der Waals surface area contributed by atoms with Crippen LogP contribution in [0.5, 0.6) is 5.75 Å². The largest absolute Gasteiger partial charge is 0.496 e. The van der Waals surface area contributed by atoms with Crippen molar-refractivity contribution in [2.75, 3.05) is 14.2 Å². The van der Waals surface area contributed by atoms with Crippen LogP contribution >= 0.6 is 11.6 Å². The van der Waals surface area contributed by atoms with E-state index in [9.17, 15) is 0 Å². The zero-order valence-corrected chi connectivity index (χ0v) is 14.5. The number of oxazole rings is 1. The monoisotopic (exact) mass is 342 g/mol. The summed E-state index contributed by atoms with van der Waals surface area (Å²) >= 11 is 6.08. The minimum atomic E-state index is 0.600. The lowest BCUT2D eigenvalue weighted by Crippen LogP contribution is -2.17. The molecule has 124 valence electrons. The molecular weight excluding hydrogens is 324 g/mol. The van der Waals surface area contributed by atoms with E-state index in [0.29, 0.717) is 24.0 Å². The van der Waals surface area contributed by atoms with Crippen LogP contribution in [0.15, 0.2) is 59.1 Å². The lowest BCUT2D eigenvalue weighted by atomic mass is 10.2. The zero-order chi connectivity index (χ0) is 16.9. The van der Waals surface area contributed by atoms with Gasteiger partial charge in [0.25, 0.3) is 0 Å². The summed E-state index contributed by atoms with van der Waals surface area (Å²) < 4.78 is 11.2. The number of hydrogen-bond donors (Lipinski definition) is 0. The highest BCUT2D eigenvalue weighted by Gasteiger charge is 2.11. The van der Waals surface area contributed by atoms with Crippen molar-refractivity contribution in [2.24, 2.45) is 0 Å². The highest BCUT2D eigenvalue weighted by molar-refractivity contribution is 6.30. The number of nitrogens with zero attached hydrogens (tertiary/aromatic N) is 2. The molecule has 0 fully saturated rings. The Morgan fingerprint density at radius 2 is 1.92 bits per heavy atom. The van der Waals surface area contributed by atoms with E-state index in [2.05, 4.69) is 9.88 Å². The van der Waals surface area contributed by atoms with Crippen LogP contribution in [0.25, 0.3) is 11.3 Å². The quantitative estimate of drug-likeness (QED) is 0.654. The Bertz CT molecular complexity index is 802. The third kappa shape index (κ3) is 3.96. The molecule has 3 rings (SSSR count). The molecule has 0 aliphatic carbocycles. The van der Waals surface area contributed by atoms with E-state index in [1.807, 2.05) is 55.6 Å². The van der Waals surface area contributed by atoms with E-state index < -0.39 is 0 Å². The van der Waals surface area contributed by atoms with Crippen LogP contribution in [0, 0.1) is 0 Å². The second-order valence-corrected chi connectivity index (χ2v) is 6.05. The van der Waals surface area contributed by atoms with Gasteiger partial charge in [-0.05, 0) is 25.2 Å². The van der Waals surface area contributed by atoms with Gasteiger partial charge in [0, 0.05) is 22.7 Å². The first-order valence-electron chi connectivity index (χ1n) is 7.67. The fourth-order valence-electron chi connectivity index (χ4n) is 2.57. The topological polar surface area (TPSA) is 38.5 Å². The van der Waals surface area contributed by atoms with Crippen LogP contribution < -0.4 is 4.74 Å². The highest BCUT2D eigenvalue weighted by Crippen LogP contribution is 2.25. The Kier molecular flexibility index (Phi) is 5.18. The molecule has 1 heterocycles. The van der Waals surface area contributed by atoms with Crippen molar-refractivity contribution in [3.05, 3.63) is 71.2 Å². The average molecular weight is 343 g/mol. The van der Waals surface area contributed by atoms with Crippen molar-refractivity contribution in [1.29, 1.82) is 0 Å². The molecule has 0 saturated carbocycles. The summed E-state index contributed by atoms with van der Waals surface area (Å²) in [5.41, 5.74) is 2.05. The Balaban J connectivity index is 1.69. The van der Waals surface area contributed by atoms with E-state index in [1.54, 1.807) is 13.3 Å². The van der Waals surface area contributed by atoms with E-state index in [0.717, 1.165) is 22.6 Å². The van der Waals surface area contributed by atoms with Gasteiger partial charge in [0.15, 0.2) is 5.76 Å². The maximum Gasteiger partial charge on any atom is 0.209 e. The maximum absolute atomic E-state index is 6.08. The standard InChI is InChI=1S/C19H19ClN2O2/c1-22(12-15-10-16(20)8-9-17(15)23-2)13-19-21-11-18(24-19)14-6-4-3-5-7-14/h3-11H,12-13H2,1-2H3. The van der Waals surface area contributed by atoms with Crippen LogP contribution in [0.2, 0.25) is 5.02 Å². The Hall–Kier alpha value is -2.30. The lowest BCUT2D eigenvalue weighted by molar-refractivity contribution is 0.278. The van der Waals surface area contributed by atoms with Gasteiger partial charge in [0.05, 0.1) is 19.9 Å². The summed E-state index contributed by atoms with van der Waals surface area (Å²) in [6, 6.07) is 15.6. The Labute approximate surface area is 146 Å². The summed E-state index contributed by atoms with van der Waals surface area (Å²) in [5, 5.41) is 0.696. The molecule has 1 aromatic heterocycles. The van der Waals surface area contributed by atoms with Gasteiger partial charge in [-0.25, -0.2) is 4.98 Å². The molecule has 0 unspecified atom stereocenters. The van der Waals surface area contributed by atoms with E-state index >= 15 is 0 Å². The number of aromatic nitrogens is 1. The molecule has 24 heavy (non-hydrogen) atoms. The van der Waals surface area contributed by atoms with E-state index in [-0.39, 0.29) is 0 Å². The zero-order valence-electron chi connectivity index (χ0n) is 13.7. The van der Waals surface area contributed by atoms with Crippen LogP contribution in [-0.4, -0.2) is 24.0 Å². The lowest BCUT2D eigenvalue weighted by Gasteiger charge is -2.17. The van der Waals surface area contributed by atoms with Crippen molar-refractivity contribution >= 4 is 11.6 Å². The van der Waals surface area contributed by atoms with Gasteiger partial charge in [-0.2, -0.15) is 0 Å². The molecule has 0 N–H and O–H groups in total. The molecule has 3 aromatic rings. The number of hydrogen-bond acceptors (Lipinski definition) is 4. The van der Waals surface area contributed by atoms with Crippen LogP contribution in [0.3, 0.4) is 0 Å². The van der Waals surface area contributed by atoms with Crippen molar-refractivity contribution in [1.82, 2.24) is 9.88 Å². The highest BCUT2D eigenvalue weighted by atomic mass is 35.5. The summed E-state index contributed by atoms with van der Waals surface area (Å²) in [6.07, 6.45) is 1.76. The van der Waals surface area contributed by atoms with Gasteiger partial charge in [-0.15, -0.1) is 0 Å². The van der Waals surface area contributed by atoms with Gasteiger partial charge in [-0.1, -0.05) is 41.9 Å². The third-order valence-corrected chi connectivity index (χ3v) is 3.93. The minimum absolute atomic E-state index is 0.600. The molecule has 4 nitrogen and oxygen atoms in total. The van der Waals surface area contributed by atoms with Crippen LogP contribution in [-0.2, 0) is 13.1 Å². The molecule has 5 heteroatoms. The number of halogens is 1. The second-order valence-electron chi connectivity index (χ2n) is 5.61. The first-order valence-corrected chi connectivity index (χ1v) is 8.04. The molecule has 2 aromatic carbocycles. The summed E-state index contributed by atoms with van der Waals surface area (Å²) in [7, 11) is 3.67. The number of benzene rings is 2. The molecule has 0 amide bonds.